The average Bonchev–Trinajstić information content (AvgIpc) is 3.08. The molecule has 1 heterocycles. The molecule has 0 N–H and O–H groups in total. The zero-order valence-electron chi connectivity index (χ0n) is 16.3. The van der Waals surface area contributed by atoms with Gasteiger partial charge in [0.05, 0.1) is 27.7 Å². The molecule has 0 bridgehead atoms. The molecule has 7 nitrogen and oxygen atoms in total. The molecule has 0 fully saturated rings. The van der Waals surface area contributed by atoms with Crippen LogP contribution in [-0.2, 0) is 15.4 Å². The van der Waals surface area contributed by atoms with Crippen molar-refractivity contribution in [3.05, 3.63) is 68.3 Å². The Bertz CT molecular complexity index is 1120. The maximum absolute atomic E-state index is 12.7. The van der Waals surface area contributed by atoms with Crippen molar-refractivity contribution in [3.8, 4) is 11.4 Å². The van der Waals surface area contributed by atoms with Gasteiger partial charge in [-0.25, -0.2) is 18.8 Å². The van der Waals surface area contributed by atoms with E-state index < -0.39 is 5.97 Å². The summed E-state index contributed by atoms with van der Waals surface area (Å²) in [4.78, 5) is 25.1. The first-order chi connectivity index (χ1) is 14.4. The standard InChI is InChI=1S/C20H19BrClN3O4S/c1-3-28-18(26)10-29-17-8-7-14(9-13(17)2)30-12-25-20(27)24(11-23-25)16-6-4-5-15(22)19(16)21/h4-9,11H,3,10,12H2,1-2H3. The molecule has 0 saturated carbocycles. The van der Waals surface area contributed by atoms with Crippen LogP contribution in [0.25, 0.3) is 5.69 Å². The van der Waals surface area contributed by atoms with E-state index in [1.54, 1.807) is 31.2 Å². The number of carbonyl (C=O) groups excluding carboxylic acids is 1. The Morgan fingerprint density at radius 2 is 2.10 bits per heavy atom. The number of ether oxygens (including phenoxy) is 2. The minimum Gasteiger partial charge on any atom is -0.482 e. The summed E-state index contributed by atoms with van der Waals surface area (Å²) in [6.07, 6.45) is 1.47. The summed E-state index contributed by atoms with van der Waals surface area (Å²) in [5.41, 5.74) is 1.24. The monoisotopic (exact) mass is 511 g/mol. The van der Waals surface area contributed by atoms with Crippen LogP contribution in [0.1, 0.15) is 12.5 Å². The Morgan fingerprint density at radius 1 is 1.30 bits per heavy atom. The lowest BCUT2D eigenvalue weighted by atomic mass is 10.2. The SMILES string of the molecule is CCOC(=O)COc1ccc(SCn2ncn(-c3cccc(Cl)c3Br)c2=O)cc1C. The van der Waals surface area contributed by atoms with Crippen LogP contribution in [0.4, 0.5) is 0 Å². The lowest BCUT2D eigenvalue weighted by molar-refractivity contribution is -0.145. The number of aromatic nitrogens is 3. The van der Waals surface area contributed by atoms with Crippen molar-refractivity contribution in [2.75, 3.05) is 13.2 Å². The van der Waals surface area contributed by atoms with Crippen molar-refractivity contribution in [2.45, 2.75) is 24.6 Å². The summed E-state index contributed by atoms with van der Waals surface area (Å²) in [7, 11) is 0. The maximum Gasteiger partial charge on any atom is 0.351 e. The molecule has 30 heavy (non-hydrogen) atoms. The van der Waals surface area contributed by atoms with Gasteiger partial charge in [-0.1, -0.05) is 17.7 Å². The number of thioether (sulfide) groups is 1. The Kier molecular flexibility index (Phi) is 7.63. The van der Waals surface area contributed by atoms with Crippen LogP contribution in [0.5, 0.6) is 5.75 Å². The van der Waals surface area contributed by atoms with Gasteiger partial charge in [0.1, 0.15) is 12.1 Å². The van der Waals surface area contributed by atoms with E-state index in [1.165, 1.54) is 27.3 Å². The van der Waals surface area contributed by atoms with Gasteiger partial charge in [0.25, 0.3) is 0 Å². The predicted octanol–water partition coefficient (Wildman–Crippen LogP) is 4.45. The Morgan fingerprint density at radius 3 is 2.83 bits per heavy atom. The fraction of sp³-hybridized carbons (Fsp3) is 0.250. The summed E-state index contributed by atoms with van der Waals surface area (Å²) in [5.74, 6) is 0.545. The number of hydrogen-bond donors (Lipinski definition) is 0. The molecule has 158 valence electrons. The topological polar surface area (TPSA) is 75.3 Å². The van der Waals surface area contributed by atoms with E-state index in [0.29, 0.717) is 33.4 Å². The third-order valence-corrected chi connectivity index (χ3v) is 6.41. The molecular weight excluding hydrogens is 494 g/mol. The smallest absolute Gasteiger partial charge is 0.351 e. The molecule has 0 saturated heterocycles. The first-order valence-electron chi connectivity index (χ1n) is 9.01. The number of halogens is 2. The summed E-state index contributed by atoms with van der Waals surface area (Å²) < 4.78 is 13.8. The first kappa shape index (κ1) is 22.5. The summed E-state index contributed by atoms with van der Waals surface area (Å²) in [5, 5.41) is 4.71. The molecule has 2 aromatic carbocycles. The van der Waals surface area contributed by atoms with Crippen molar-refractivity contribution in [2.24, 2.45) is 0 Å². The van der Waals surface area contributed by atoms with Gasteiger partial charge >= 0.3 is 11.7 Å². The molecule has 1 aromatic heterocycles. The van der Waals surface area contributed by atoms with Gasteiger partial charge in [0, 0.05) is 4.90 Å². The van der Waals surface area contributed by atoms with Gasteiger partial charge in [-0.2, -0.15) is 5.10 Å². The number of hydrogen-bond acceptors (Lipinski definition) is 6. The second kappa shape index (κ2) is 10.2. The van der Waals surface area contributed by atoms with E-state index in [0.717, 1.165) is 10.5 Å². The Labute approximate surface area is 191 Å². The number of esters is 1. The number of aryl methyl sites for hydroxylation is 1. The highest BCUT2D eigenvalue weighted by molar-refractivity contribution is 9.10. The number of carbonyl (C=O) groups is 1. The first-order valence-corrected chi connectivity index (χ1v) is 11.2. The quantitative estimate of drug-likeness (QED) is 0.328. The molecule has 0 aliphatic carbocycles. The molecule has 3 rings (SSSR count). The molecular formula is C20H19BrClN3O4S. The zero-order valence-corrected chi connectivity index (χ0v) is 19.5. The fourth-order valence-electron chi connectivity index (χ4n) is 2.62. The largest absolute Gasteiger partial charge is 0.482 e. The minimum absolute atomic E-state index is 0.132. The zero-order chi connectivity index (χ0) is 21.7. The fourth-order valence-corrected chi connectivity index (χ4v) is 4.12. The summed E-state index contributed by atoms with van der Waals surface area (Å²) in [6.45, 7) is 3.83. The van der Waals surface area contributed by atoms with Crippen LogP contribution < -0.4 is 10.4 Å². The molecule has 3 aromatic rings. The van der Waals surface area contributed by atoms with E-state index in [1.807, 2.05) is 19.1 Å². The van der Waals surface area contributed by atoms with Crippen molar-refractivity contribution >= 4 is 45.3 Å². The van der Waals surface area contributed by atoms with Crippen LogP contribution in [0.3, 0.4) is 0 Å². The summed E-state index contributed by atoms with van der Waals surface area (Å²) in [6, 6.07) is 10.9. The maximum atomic E-state index is 12.7. The van der Waals surface area contributed by atoms with Crippen LogP contribution in [0.15, 0.2) is 56.9 Å². The van der Waals surface area contributed by atoms with E-state index in [4.69, 9.17) is 21.1 Å². The van der Waals surface area contributed by atoms with Gasteiger partial charge in [-0.05, 0) is 65.7 Å². The number of rotatable bonds is 8. The van der Waals surface area contributed by atoms with E-state index in [2.05, 4.69) is 21.0 Å². The van der Waals surface area contributed by atoms with Gasteiger partial charge in [0.2, 0.25) is 0 Å². The second-order valence-electron chi connectivity index (χ2n) is 6.15. The molecule has 0 amide bonds. The lowest BCUT2D eigenvalue weighted by Gasteiger charge is -2.10. The Balaban J connectivity index is 1.67. The molecule has 0 atom stereocenters. The van der Waals surface area contributed by atoms with Crippen LogP contribution in [0, 0.1) is 6.92 Å². The van der Waals surface area contributed by atoms with Gasteiger partial charge in [-0.3, -0.25) is 0 Å². The van der Waals surface area contributed by atoms with Gasteiger partial charge in [0.15, 0.2) is 6.61 Å². The van der Waals surface area contributed by atoms with Crippen molar-refractivity contribution < 1.29 is 14.3 Å². The molecule has 0 spiro atoms. The van der Waals surface area contributed by atoms with Gasteiger partial charge < -0.3 is 9.47 Å². The highest BCUT2D eigenvalue weighted by Crippen LogP contribution is 2.28. The van der Waals surface area contributed by atoms with Crippen LogP contribution >= 0.6 is 39.3 Å². The van der Waals surface area contributed by atoms with E-state index in [-0.39, 0.29) is 12.3 Å². The highest BCUT2D eigenvalue weighted by atomic mass is 79.9. The lowest BCUT2D eigenvalue weighted by Crippen LogP contribution is -2.23. The highest BCUT2D eigenvalue weighted by Gasteiger charge is 2.12. The van der Waals surface area contributed by atoms with Crippen molar-refractivity contribution in [1.29, 1.82) is 0 Å². The molecule has 0 unspecified atom stereocenters. The van der Waals surface area contributed by atoms with Crippen LogP contribution in [-0.4, -0.2) is 33.5 Å². The third kappa shape index (κ3) is 5.27. The summed E-state index contributed by atoms with van der Waals surface area (Å²) >= 11 is 11.0. The molecule has 0 radical (unpaired) electrons. The van der Waals surface area contributed by atoms with Crippen LogP contribution in [0.2, 0.25) is 5.02 Å². The number of benzene rings is 2. The van der Waals surface area contributed by atoms with Gasteiger partial charge in [-0.15, -0.1) is 11.8 Å². The van der Waals surface area contributed by atoms with E-state index in [9.17, 15) is 9.59 Å². The minimum atomic E-state index is -0.406. The predicted molar refractivity (Wildman–Crippen MR) is 120 cm³/mol. The molecule has 0 aliphatic rings. The second-order valence-corrected chi connectivity index (χ2v) is 8.37. The third-order valence-electron chi connectivity index (χ3n) is 4.07. The normalized spacial score (nSPS) is 10.8. The number of nitrogens with zero attached hydrogens (tertiary/aromatic N) is 3. The molecule has 10 heteroatoms. The van der Waals surface area contributed by atoms with Crippen molar-refractivity contribution in [3.63, 3.8) is 0 Å². The van der Waals surface area contributed by atoms with E-state index >= 15 is 0 Å². The Hall–Kier alpha value is -2.23. The van der Waals surface area contributed by atoms with Crippen molar-refractivity contribution in [1.82, 2.24) is 14.3 Å². The molecule has 0 aliphatic heterocycles. The average molecular weight is 513 g/mol.